The van der Waals surface area contributed by atoms with Crippen LogP contribution in [0.15, 0.2) is 54.6 Å². The summed E-state index contributed by atoms with van der Waals surface area (Å²) in [4.78, 5) is 12.1. The number of nitrogen functional groups attached to an aromatic ring is 1. The van der Waals surface area contributed by atoms with Crippen LogP contribution in [0.3, 0.4) is 0 Å². The van der Waals surface area contributed by atoms with Crippen LogP contribution < -0.4 is 11.1 Å². The second-order valence-corrected chi connectivity index (χ2v) is 5.47. The molecule has 0 saturated heterocycles. The fourth-order valence-corrected chi connectivity index (χ4v) is 2.30. The van der Waals surface area contributed by atoms with E-state index in [1.165, 1.54) is 5.56 Å². The van der Waals surface area contributed by atoms with Crippen molar-refractivity contribution in [3.63, 3.8) is 0 Å². The Labute approximate surface area is 138 Å². The van der Waals surface area contributed by atoms with E-state index in [9.17, 15) is 4.79 Å². The highest BCUT2D eigenvalue weighted by atomic mass is 35.5. The number of nitrogens with one attached hydrogen (secondary N) is 1. The Hall–Kier alpha value is -2.00. The fourth-order valence-electron chi connectivity index (χ4n) is 2.30. The number of carbonyl (C=O) groups excluding carboxylic acids is 1. The molecule has 2 aromatic carbocycles. The van der Waals surface area contributed by atoms with E-state index >= 15 is 0 Å². The van der Waals surface area contributed by atoms with Gasteiger partial charge in [-0.2, -0.15) is 0 Å². The minimum Gasteiger partial charge on any atom is -0.399 e. The molecule has 0 spiro atoms. The first-order chi connectivity index (χ1) is 10.1. The minimum atomic E-state index is 0. The second kappa shape index (κ2) is 8.44. The number of amides is 1. The van der Waals surface area contributed by atoms with E-state index in [-0.39, 0.29) is 30.3 Å². The molecule has 3 N–H and O–H groups in total. The molecule has 0 heterocycles. The summed E-state index contributed by atoms with van der Waals surface area (Å²) in [6, 6.07) is 17.7. The molecule has 2 aromatic rings. The Kier molecular flexibility index (Phi) is 6.93. The zero-order valence-corrected chi connectivity index (χ0v) is 13.8. The van der Waals surface area contributed by atoms with Crippen LogP contribution in [0.25, 0.3) is 0 Å². The molecule has 0 aliphatic heterocycles. The fraction of sp³-hybridized carbons (Fsp3) is 0.278. The molecule has 118 valence electrons. The van der Waals surface area contributed by atoms with Gasteiger partial charge in [0.25, 0.3) is 0 Å². The molecule has 2 atom stereocenters. The van der Waals surface area contributed by atoms with Crippen LogP contribution in [-0.4, -0.2) is 11.9 Å². The Balaban J connectivity index is 0.00000242. The number of carbonyl (C=O) groups is 1. The third-order valence-corrected chi connectivity index (χ3v) is 3.81. The van der Waals surface area contributed by atoms with E-state index in [4.69, 9.17) is 5.73 Å². The van der Waals surface area contributed by atoms with E-state index in [0.717, 1.165) is 5.56 Å². The lowest BCUT2D eigenvalue weighted by Crippen LogP contribution is -2.37. The van der Waals surface area contributed by atoms with Gasteiger partial charge in [-0.1, -0.05) is 49.4 Å². The maximum atomic E-state index is 12.1. The van der Waals surface area contributed by atoms with Crippen LogP contribution in [0, 0.1) is 0 Å². The van der Waals surface area contributed by atoms with Crippen molar-refractivity contribution in [1.29, 1.82) is 0 Å². The lowest BCUT2D eigenvalue weighted by Gasteiger charge is -2.21. The van der Waals surface area contributed by atoms with E-state index < -0.39 is 0 Å². The number of hydrogen-bond donors (Lipinski definition) is 2. The summed E-state index contributed by atoms with van der Waals surface area (Å²) in [5.74, 6) is 0.316. The van der Waals surface area contributed by atoms with Gasteiger partial charge >= 0.3 is 0 Å². The van der Waals surface area contributed by atoms with Crippen molar-refractivity contribution >= 4 is 24.0 Å². The summed E-state index contributed by atoms with van der Waals surface area (Å²) in [5, 5.41) is 3.07. The second-order valence-electron chi connectivity index (χ2n) is 5.47. The summed E-state index contributed by atoms with van der Waals surface area (Å²) in [5.41, 5.74) is 8.56. The summed E-state index contributed by atoms with van der Waals surface area (Å²) in [6.45, 7) is 4.17. The van der Waals surface area contributed by atoms with Crippen LogP contribution in [0.2, 0.25) is 0 Å². The lowest BCUT2D eigenvalue weighted by molar-refractivity contribution is -0.121. The minimum absolute atomic E-state index is 0. The average molecular weight is 319 g/mol. The topological polar surface area (TPSA) is 55.1 Å². The molecule has 3 nitrogen and oxygen atoms in total. The van der Waals surface area contributed by atoms with Crippen molar-refractivity contribution in [2.45, 2.75) is 32.2 Å². The van der Waals surface area contributed by atoms with E-state index in [1.807, 2.05) is 49.4 Å². The molecule has 0 radical (unpaired) electrons. The van der Waals surface area contributed by atoms with Crippen molar-refractivity contribution in [3.8, 4) is 0 Å². The smallest absolute Gasteiger partial charge is 0.224 e. The lowest BCUT2D eigenvalue weighted by atomic mass is 9.94. The standard InChI is InChI=1S/C18H22N2O.ClH/c1-13(16-6-4-3-5-7-16)14(2)20-18(21)12-15-8-10-17(19)11-9-15;/h3-11,13-14H,12,19H2,1-2H3,(H,20,21);1H. The number of anilines is 1. The Morgan fingerprint density at radius 1 is 1.05 bits per heavy atom. The molecule has 0 aliphatic carbocycles. The SMILES string of the molecule is CC(NC(=O)Cc1ccc(N)cc1)C(C)c1ccccc1.Cl. The van der Waals surface area contributed by atoms with Crippen LogP contribution in [-0.2, 0) is 11.2 Å². The van der Waals surface area contributed by atoms with Crippen molar-refractivity contribution in [3.05, 3.63) is 65.7 Å². The summed E-state index contributed by atoms with van der Waals surface area (Å²) < 4.78 is 0. The summed E-state index contributed by atoms with van der Waals surface area (Å²) in [7, 11) is 0. The van der Waals surface area contributed by atoms with Crippen LogP contribution in [0.4, 0.5) is 5.69 Å². The van der Waals surface area contributed by atoms with Crippen molar-refractivity contribution < 1.29 is 4.79 Å². The van der Waals surface area contributed by atoms with E-state index in [1.54, 1.807) is 0 Å². The third-order valence-electron chi connectivity index (χ3n) is 3.81. The molecule has 1 amide bonds. The first kappa shape index (κ1) is 18.1. The molecule has 0 fully saturated rings. The normalized spacial score (nSPS) is 12.8. The van der Waals surface area contributed by atoms with Gasteiger partial charge in [0, 0.05) is 17.6 Å². The molecular weight excluding hydrogens is 296 g/mol. The largest absolute Gasteiger partial charge is 0.399 e. The van der Waals surface area contributed by atoms with Crippen LogP contribution >= 0.6 is 12.4 Å². The Morgan fingerprint density at radius 3 is 2.23 bits per heavy atom. The van der Waals surface area contributed by atoms with Gasteiger partial charge in [0.2, 0.25) is 5.91 Å². The summed E-state index contributed by atoms with van der Waals surface area (Å²) in [6.07, 6.45) is 0.381. The third kappa shape index (κ3) is 5.08. The van der Waals surface area contributed by atoms with Crippen molar-refractivity contribution in [1.82, 2.24) is 5.32 Å². The molecule has 2 unspecified atom stereocenters. The molecule has 2 rings (SSSR count). The highest BCUT2D eigenvalue weighted by molar-refractivity contribution is 5.85. The molecular formula is C18H23ClN2O. The molecule has 0 bridgehead atoms. The van der Waals surface area contributed by atoms with Gasteiger partial charge in [0.1, 0.15) is 0 Å². The van der Waals surface area contributed by atoms with Gasteiger partial charge in [0.15, 0.2) is 0 Å². The molecule has 0 aromatic heterocycles. The molecule has 0 aliphatic rings. The van der Waals surface area contributed by atoms with Crippen LogP contribution in [0.5, 0.6) is 0 Å². The first-order valence-electron chi connectivity index (χ1n) is 7.25. The molecule has 0 saturated carbocycles. The first-order valence-corrected chi connectivity index (χ1v) is 7.25. The summed E-state index contributed by atoms with van der Waals surface area (Å²) >= 11 is 0. The number of halogens is 1. The van der Waals surface area contributed by atoms with E-state index in [2.05, 4.69) is 24.4 Å². The van der Waals surface area contributed by atoms with Gasteiger partial charge < -0.3 is 11.1 Å². The Morgan fingerprint density at radius 2 is 1.64 bits per heavy atom. The highest BCUT2D eigenvalue weighted by Gasteiger charge is 2.16. The van der Waals surface area contributed by atoms with Crippen LogP contribution in [0.1, 0.15) is 30.9 Å². The quantitative estimate of drug-likeness (QED) is 0.828. The zero-order valence-electron chi connectivity index (χ0n) is 13.0. The predicted molar refractivity (Wildman–Crippen MR) is 94.3 cm³/mol. The Bertz CT molecular complexity index is 584. The van der Waals surface area contributed by atoms with Crippen molar-refractivity contribution in [2.75, 3.05) is 5.73 Å². The zero-order chi connectivity index (χ0) is 15.2. The van der Waals surface area contributed by atoms with Crippen molar-refractivity contribution in [2.24, 2.45) is 0 Å². The predicted octanol–water partition coefficient (Wildman–Crippen LogP) is 3.54. The van der Waals surface area contributed by atoms with Gasteiger partial charge in [0.05, 0.1) is 6.42 Å². The van der Waals surface area contributed by atoms with Gasteiger partial charge in [-0.3, -0.25) is 4.79 Å². The highest BCUT2D eigenvalue weighted by Crippen LogP contribution is 2.18. The number of rotatable bonds is 5. The maximum absolute atomic E-state index is 12.1. The monoisotopic (exact) mass is 318 g/mol. The molecule has 4 heteroatoms. The number of nitrogens with two attached hydrogens (primary N) is 1. The average Bonchev–Trinajstić information content (AvgIpc) is 2.49. The number of hydrogen-bond acceptors (Lipinski definition) is 2. The van der Waals surface area contributed by atoms with Gasteiger partial charge in [-0.05, 0) is 30.2 Å². The maximum Gasteiger partial charge on any atom is 0.224 e. The molecule has 22 heavy (non-hydrogen) atoms. The van der Waals surface area contributed by atoms with Gasteiger partial charge in [-0.25, -0.2) is 0 Å². The number of benzene rings is 2. The van der Waals surface area contributed by atoms with E-state index in [0.29, 0.717) is 12.1 Å². The van der Waals surface area contributed by atoms with Gasteiger partial charge in [-0.15, -0.1) is 12.4 Å².